The number of unbranched alkanes of at least 4 members (excludes halogenated alkanes) is 3. The maximum Gasteiger partial charge on any atom is 0.315 e. The Balaban J connectivity index is 1.80. The monoisotopic (exact) mass is 700 g/mol. The second kappa shape index (κ2) is 19.2. The molecule has 2 heterocycles. The lowest BCUT2D eigenvalue weighted by atomic mass is 9.70. The van der Waals surface area contributed by atoms with Crippen LogP contribution in [0.3, 0.4) is 0 Å². The van der Waals surface area contributed by atoms with Gasteiger partial charge in [-0.05, 0) is 55.8 Å². The molecule has 4 N–H and O–H groups in total. The molecular weight excluding hydrogens is 636 g/mol. The molecule has 0 spiro atoms. The average molecular weight is 701 g/mol. The molecular formula is C38H64N6O6. The first-order valence-corrected chi connectivity index (χ1v) is 19.1. The molecule has 12 heteroatoms. The first-order valence-electron chi connectivity index (χ1n) is 19.1. The van der Waals surface area contributed by atoms with Crippen LogP contribution in [0.2, 0.25) is 0 Å². The zero-order chi connectivity index (χ0) is 36.9. The molecule has 0 bridgehead atoms. The summed E-state index contributed by atoms with van der Waals surface area (Å²) >= 11 is 0. The largest absolute Gasteiger partial charge is 0.346 e. The smallest absolute Gasteiger partial charge is 0.315 e. The van der Waals surface area contributed by atoms with E-state index in [0.29, 0.717) is 51.7 Å². The molecule has 12 nitrogen and oxygen atoms in total. The van der Waals surface area contributed by atoms with Gasteiger partial charge in [0, 0.05) is 32.6 Å². The Bertz CT molecular complexity index is 1210. The van der Waals surface area contributed by atoms with E-state index < -0.39 is 47.2 Å². The zero-order valence-corrected chi connectivity index (χ0v) is 31.4. The first kappa shape index (κ1) is 41.0. The van der Waals surface area contributed by atoms with Gasteiger partial charge in [-0.25, -0.2) is 4.79 Å². The number of hydrogen-bond acceptors (Lipinski definition) is 6. The van der Waals surface area contributed by atoms with Gasteiger partial charge in [-0.2, -0.15) is 0 Å². The van der Waals surface area contributed by atoms with Crippen molar-refractivity contribution < 1.29 is 28.8 Å². The molecule has 50 heavy (non-hydrogen) atoms. The standard InChI is InChI=1S/C38H64N6O6/c1-7-9-10-12-18-27(31(46)34(48)39-23-8-2)40-33(47)28-19-17-25-44(28)35(49)32(38(6)21-14-11-15-22-38)42-36(50)41-29(37(3,4)5)26-43-24-16-13-20-30(43)45/h8,27-29,32H,2,7,9-26H2,1,3-6H3,(H,39,48)(H,40,47)(H2,41,42,50)/t27?,28-,29+,32+/m0/s1. The van der Waals surface area contributed by atoms with E-state index in [2.05, 4.69) is 34.8 Å². The number of piperidine rings is 1. The Kier molecular flexibility index (Phi) is 15.8. The molecule has 0 aromatic carbocycles. The van der Waals surface area contributed by atoms with Crippen LogP contribution in [-0.4, -0.2) is 95.6 Å². The molecule has 1 aliphatic carbocycles. The van der Waals surface area contributed by atoms with Gasteiger partial charge in [0.2, 0.25) is 23.5 Å². The summed E-state index contributed by atoms with van der Waals surface area (Å²) in [5.74, 6) is -2.16. The van der Waals surface area contributed by atoms with Crippen LogP contribution >= 0.6 is 0 Å². The summed E-state index contributed by atoms with van der Waals surface area (Å²) in [7, 11) is 0. The summed E-state index contributed by atoms with van der Waals surface area (Å²) in [5, 5.41) is 11.5. The highest BCUT2D eigenvalue weighted by Crippen LogP contribution is 2.40. The van der Waals surface area contributed by atoms with E-state index in [1.807, 2.05) is 32.6 Å². The maximum atomic E-state index is 14.5. The summed E-state index contributed by atoms with van der Waals surface area (Å²) in [6.07, 6.45) is 13.1. The van der Waals surface area contributed by atoms with Crippen molar-refractivity contribution in [3.8, 4) is 0 Å². The summed E-state index contributed by atoms with van der Waals surface area (Å²) in [4.78, 5) is 83.9. The van der Waals surface area contributed by atoms with Gasteiger partial charge in [-0.3, -0.25) is 24.0 Å². The van der Waals surface area contributed by atoms with E-state index >= 15 is 0 Å². The van der Waals surface area contributed by atoms with Crippen molar-refractivity contribution in [3.05, 3.63) is 12.7 Å². The number of rotatable bonds is 17. The van der Waals surface area contributed by atoms with Crippen molar-refractivity contribution in [1.82, 2.24) is 31.1 Å². The molecule has 1 saturated carbocycles. The van der Waals surface area contributed by atoms with E-state index in [4.69, 9.17) is 0 Å². The van der Waals surface area contributed by atoms with Crippen LogP contribution in [0.4, 0.5) is 4.79 Å². The number of Topliss-reactive ketones (excluding diaryl/α,β-unsaturated/α-hetero) is 1. The molecule has 0 aromatic rings. The van der Waals surface area contributed by atoms with Crippen LogP contribution in [0.25, 0.3) is 0 Å². The second-order valence-corrected chi connectivity index (χ2v) is 15.9. The number of carbonyl (C=O) groups excluding carboxylic acids is 6. The van der Waals surface area contributed by atoms with Gasteiger partial charge >= 0.3 is 6.03 Å². The fraction of sp³-hybridized carbons (Fsp3) is 0.789. The maximum absolute atomic E-state index is 14.5. The van der Waals surface area contributed by atoms with Gasteiger partial charge in [0.15, 0.2) is 0 Å². The summed E-state index contributed by atoms with van der Waals surface area (Å²) in [6.45, 7) is 15.3. The number of nitrogens with zero attached hydrogens (tertiary/aromatic N) is 2. The highest BCUT2D eigenvalue weighted by molar-refractivity contribution is 6.38. The minimum atomic E-state index is -1.00. The first-order chi connectivity index (χ1) is 23.7. The quantitative estimate of drug-likeness (QED) is 0.100. The Hall–Kier alpha value is -3.44. The molecule has 0 radical (unpaired) electrons. The van der Waals surface area contributed by atoms with Crippen molar-refractivity contribution in [3.63, 3.8) is 0 Å². The number of carbonyl (C=O) groups is 6. The van der Waals surface area contributed by atoms with E-state index in [1.165, 1.54) is 6.08 Å². The summed E-state index contributed by atoms with van der Waals surface area (Å²) < 4.78 is 0. The van der Waals surface area contributed by atoms with Gasteiger partial charge in [-0.1, -0.05) is 85.6 Å². The van der Waals surface area contributed by atoms with Crippen LogP contribution < -0.4 is 21.3 Å². The van der Waals surface area contributed by atoms with Crippen LogP contribution in [0, 0.1) is 10.8 Å². The third-order valence-electron chi connectivity index (χ3n) is 10.8. The Morgan fingerprint density at radius 2 is 1.66 bits per heavy atom. The Morgan fingerprint density at radius 1 is 0.940 bits per heavy atom. The van der Waals surface area contributed by atoms with Crippen molar-refractivity contribution in [2.75, 3.05) is 26.2 Å². The van der Waals surface area contributed by atoms with Crippen molar-refractivity contribution in [1.29, 1.82) is 0 Å². The van der Waals surface area contributed by atoms with Crippen molar-refractivity contribution >= 4 is 35.4 Å². The third kappa shape index (κ3) is 11.5. The van der Waals surface area contributed by atoms with E-state index in [-0.39, 0.29) is 29.8 Å². The molecule has 1 unspecified atom stereocenters. The lowest BCUT2D eigenvalue weighted by molar-refractivity contribution is -0.144. The van der Waals surface area contributed by atoms with Crippen LogP contribution in [-0.2, 0) is 24.0 Å². The Morgan fingerprint density at radius 3 is 2.30 bits per heavy atom. The number of ketones is 1. The molecule has 2 aliphatic heterocycles. The summed E-state index contributed by atoms with van der Waals surface area (Å²) in [5.41, 5.74) is -0.869. The highest BCUT2D eigenvalue weighted by Gasteiger charge is 2.47. The van der Waals surface area contributed by atoms with Gasteiger partial charge in [0.1, 0.15) is 12.1 Å². The minimum Gasteiger partial charge on any atom is -0.346 e. The molecule has 4 atom stereocenters. The van der Waals surface area contributed by atoms with Gasteiger partial charge in [-0.15, -0.1) is 6.58 Å². The van der Waals surface area contributed by atoms with Crippen LogP contribution in [0.5, 0.6) is 0 Å². The normalized spacial score (nSPS) is 21.1. The predicted molar refractivity (Wildman–Crippen MR) is 194 cm³/mol. The number of hydrogen-bond donors (Lipinski definition) is 4. The summed E-state index contributed by atoms with van der Waals surface area (Å²) in [6, 6.07) is -3.51. The van der Waals surface area contributed by atoms with Gasteiger partial charge < -0.3 is 31.1 Å². The molecule has 0 aromatic heterocycles. The number of amides is 6. The Labute approximate surface area is 299 Å². The van der Waals surface area contributed by atoms with Gasteiger partial charge in [0.25, 0.3) is 5.91 Å². The molecule has 3 fully saturated rings. The number of urea groups is 1. The third-order valence-corrected chi connectivity index (χ3v) is 10.8. The average Bonchev–Trinajstić information content (AvgIpc) is 3.58. The number of nitrogens with one attached hydrogen (secondary N) is 4. The van der Waals surface area contributed by atoms with Crippen LogP contribution in [0.15, 0.2) is 12.7 Å². The van der Waals surface area contributed by atoms with Crippen molar-refractivity contribution in [2.45, 2.75) is 155 Å². The SMILES string of the molecule is C=CCNC(=O)C(=O)C(CCCCCC)NC(=O)[C@@H]1CCCN1C(=O)[C@@H](NC(=O)N[C@H](CN1CCCCC1=O)C(C)(C)C)C1(C)CCCCC1. The molecule has 3 rings (SSSR count). The molecule has 2 saturated heterocycles. The van der Waals surface area contributed by atoms with E-state index in [1.54, 1.807) is 4.90 Å². The lowest BCUT2D eigenvalue weighted by Gasteiger charge is -2.43. The van der Waals surface area contributed by atoms with Crippen LogP contribution in [0.1, 0.15) is 131 Å². The van der Waals surface area contributed by atoms with Crippen molar-refractivity contribution in [2.24, 2.45) is 10.8 Å². The fourth-order valence-corrected chi connectivity index (χ4v) is 7.52. The second-order valence-electron chi connectivity index (χ2n) is 15.9. The van der Waals surface area contributed by atoms with E-state index in [0.717, 1.165) is 64.2 Å². The molecule has 6 amide bonds. The lowest BCUT2D eigenvalue weighted by Crippen LogP contribution is -2.63. The zero-order valence-electron chi connectivity index (χ0n) is 31.4. The molecule has 282 valence electrons. The number of likely N-dealkylation sites (tertiary alicyclic amines) is 2. The fourth-order valence-electron chi connectivity index (χ4n) is 7.52. The van der Waals surface area contributed by atoms with E-state index in [9.17, 15) is 28.8 Å². The topological polar surface area (TPSA) is 157 Å². The molecule has 3 aliphatic rings. The highest BCUT2D eigenvalue weighted by atomic mass is 16.2. The van der Waals surface area contributed by atoms with Gasteiger partial charge in [0.05, 0.1) is 12.1 Å². The predicted octanol–water partition coefficient (Wildman–Crippen LogP) is 4.37. The minimum absolute atomic E-state index is 0.0936.